The van der Waals surface area contributed by atoms with Crippen LogP contribution in [0.5, 0.6) is 0 Å². The molecule has 4 aromatic rings. The molecule has 0 spiro atoms. The molecule has 1 amide bonds. The zero-order valence-corrected chi connectivity index (χ0v) is 16.9. The monoisotopic (exact) mass is 398 g/mol. The molecule has 150 valence electrons. The summed E-state index contributed by atoms with van der Waals surface area (Å²) in [6.45, 7) is 4.40. The van der Waals surface area contributed by atoms with Crippen LogP contribution in [-0.4, -0.2) is 20.6 Å². The highest BCUT2D eigenvalue weighted by Crippen LogP contribution is 2.37. The van der Waals surface area contributed by atoms with Gasteiger partial charge in [-0.15, -0.1) is 0 Å². The first-order valence-electron chi connectivity index (χ1n) is 9.94. The number of carbonyl (C=O) groups excluding carboxylic acids is 1. The van der Waals surface area contributed by atoms with Crippen LogP contribution in [0.15, 0.2) is 77.4 Å². The maximum Gasteiger partial charge on any atom is 0.258 e. The molecule has 1 atom stereocenters. The second kappa shape index (κ2) is 7.22. The number of anilines is 1. The van der Waals surface area contributed by atoms with E-state index in [2.05, 4.69) is 5.32 Å². The van der Waals surface area contributed by atoms with E-state index < -0.39 is 0 Å². The number of para-hydroxylation sites is 2. The molecule has 1 aliphatic rings. The van der Waals surface area contributed by atoms with Crippen molar-refractivity contribution in [3.05, 3.63) is 101 Å². The first kappa shape index (κ1) is 18.2. The van der Waals surface area contributed by atoms with Gasteiger partial charge in [0, 0.05) is 16.9 Å². The first-order valence-corrected chi connectivity index (χ1v) is 9.94. The zero-order valence-electron chi connectivity index (χ0n) is 16.9. The van der Waals surface area contributed by atoms with Gasteiger partial charge in [0.1, 0.15) is 11.9 Å². The van der Waals surface area contributed by atoms with Gasteiger partial charge in [-0.3, -0.25) is 4.79 Å². The fourth-order valence-electron chi connectivity index (χ4n) is 4.13. The van der Waals surface area contributed by atoms with Crippen LogP contribution in [0.1, 0.15) is 39.2 Å². The van der Waals surface area contributed by atoms with Gasteiger partial charge in [-0.25, -0.2) is 4.68 Å². The Balaban J connectivity index is 1.62. The summed E-state index contributed by atoms with van der Waals surface area (Å²) in [4.78, 5) is 15.3. The number of benzene rings is 2. The molecule has 0 saturated heterocycles. The van der Waals surface area contributed by atoms with Gasteiger partial charge in [-0.05, 0) is 50.2 Å². The van der Waals surface area contributed by atoms with E-state index in [0.29, 0.717) is 12.1 Å². The molecule has 1 N–H and O–H groups in total. The third kappa shape index (κ3) is 2.97. The molecule has 2 aromatic carbocycles. The Hall–Kier alpha value is -3.80. The fraction of sp³-hybridized carbons (Fsp3) is 0.167. The van der Waals surface area contributed by atoms with E-state index in [1.807, 2.05) is 90.2 Å². The fourth-order valence-corrected chi connectivity index (χ4v) is 4.13. The number of aromatic nitrogens is 2. The van der Waals surface area contributed by atoms with Gasteiger partial charge in [-0.2, -0.15) is 5.10 Å². The minimum atomic E-state index is -0.352. The highest BCUT2D eigenvalue weighted by molar-refractivity contribution is 6.01. The number of fused-ring (bicyclic) bond motifs is 1. The van der Waals surface area contributed by atoms with Crippen LogP contribution in [0.3, 0.4) is 0 Å². The Bertz CT molecular complexity index is 1200. The summed E-state index contributed by atoms with van der Waals surface area (Å²) in [7, 11) is 0. The van der Waals surface area contributed by atoms with Gasteiger partial charge in [0.25, 0.3) is 5.91 Å². The number of aryl methyl sites for hydroxylation is 1. The number of amides is 1. The van der Waals surface area contributed by atoms with Crippen molar-refractivity contribution in [2.24, 2.45) is 0 Å². The number of hydrogen-bond donors (Lipinski definition) is 1. The first-order chi connectivity index (χ1) is 14.6. The van der Waals surface area contributed by atoms with Crippen molar-refractivity contribution in [3.8, 4) is 5.69 Å². The molecule has 0 radical (unpaired) electrons. The predicted octanol–water partition coefficient (Wildman–Crippen LogP) is 4.85. The summed E-state index contributed by atoms with van der Waals surface area (Å²) in [5, 5.41) is 8.35. The molecule has 1 unspecified atom stereocenters. The van der Waals surface area contributed by atoms with Gasteiger partial charge in [0.05, 0.1) is 29.8 Å². The molecule has 30 heavy (non-hydrogen) atoms. The van der Waals surface area contributed by atoms with E-state index >= 15 is 0 Å². The molecule has 6 heteroatoms. The van der Waals surface area contributed by atoms with Crippen LogP contribution in [0, 0.1) is 13.8 Å². The van der Waals surface area contributed by atoms with Crippen molar-refractivity contribution in [2.75, 3.05) is 5.32 Å². The Labute approximate surface area is 174 Å². The van der Waals surface area contributed by atoms with Gasteiger partial charge >= 0.3 is 0 Å². The van der Waals surface area contributed by atoms with Crippen molar-refractivity contribution in [1.82, 2.24) is 14.7 Å². The summed E-state index contributed by atoms with van der Waals surface area (Å²) in [5.74, 6) is 0.706. The number of nitrogens with zero attached hydrogens (tertiary/aromatic N) is 3. The van der Waals surface area contributed by atoms with Crippen LogP contribution in [0.25, 0.3) is 5.69 Å². The Kier molecular flexibility index (Phi) is 4.39. The normalized spacial score (nSPS) is 15.7. The van der Waals surface area contributed by atoms with Crippen molar-refractivity contribution < 1.29 is 9.21 Å². The molecule has 3 heterocycles. The summed E-state index contributed by atoms with van der Waals surface area (Å²) < 4.78 is 7.48. The van der Waals surface area contributed by atoms with Crippen molar-refractivity contribution >= 4 is 11.6 Å². The highest BCUT2D eigenvalue weighted by Gasteiger charge is 2.36. The van der Waals surface area contributed by atoms with Crippen LogP contribution in [0.4, 0.5) is 5.69 Å². The molecule has 6 nitrogen and oxygen atoms in total. The lowest BCUT2D eigenvalue weighted by molar-refractivity contribution is 0.0650. The van der Waals surface area contributed by atoms with Gasteiger partial charge in [0.15, 0.2) is 0 Å². The van der Waals surface area contributed by atoms with Crippen molar-refractivity contribution in [1.29, 1.82) is 0 Å². The van der Waals surface area contributed by atoms with Crippen LogP contribution in [0.2, 0.25) is 0 Å². The SMILES string of the molecule is Cc1nn(-c2ccccc2)c(C)c1C1Nc2ccccc2C(=O)N1Cc1ccco1. The van der Waals surface area contributed by atoms with Crippen LogP contribution in [-0.2, 0) is 6.54 Å². The predicted molar refractivity (Wildman–Crippen MR) is 114 cm³/mol. The molecular weight excluding hydrogens is 376 g/mol. The van der Waals surface area contributed by atoms with Crippen LogP contribution < -0.4 is 5.32 Å². The second-order valence-corrected chi connectivity index (χ2v) is 7.44. The molecule has 0 saturated carbocycles. The van der Waals surface area contributed by atoms with Crippen LogP contribution >= 0.6 is 0 Å². The summed E-state index contributed by atoms with van der Waals surface area (Å²) in [6, 6.07) is 21.4. The lowest BCUT2D eigenvalue weighted by atomic mass is 10.0. The largest absolute Gasteiger partial charge is 0.467 e. The quantitative estimate of drug-likeness (QED) is 0.534. The molecule has 0 aliphatic carbocycles. The van der Waals surface area contributed by atoms with Gasteiger partial charge in [0.2, 0.25) is 0 Å². The minimum absolute atomic E-state index is 0.0305. The number of rotatable bonds is 4. The number of carbonyl (C=O) groups is 1. The standard InChI is InChI=1S/C24H22N4O2/c1-16-22(17(2)28(26-16)18-9-4-3-5-10-18)23-25-21-13-7-6-12-20(21)24(29)27(23)15-19-11-8-14-30-19/h3-14,23,25H,15H2,1-2H3. The van der Waals surface area contributed by atoms with E-state index in [-0.39, 0.29) is 12.1 Å². The average Bonchev–Trinajstić information content (AvgIpc) is 3.38. The summed E-state index contributed by atoms with van der Waals surface area (Å²) in [5.41, 5.74) is 5.34. The Morgan fingerprint density at radius 1 is 1.00 bits per heavy atom. The van der Waals surface area contributed by atoms with E-state index in [4.69, 9.17) is 9.52 Å². The lowest BCUT2D eigenvalue weighted by Gasteiger charge is -2.37. The minimum Gasteiger partial charge on any atom is -0.467 e. The number of hydrogen-bond acceptors (Lipinski definition) is 4. The molecule has 0 bridgehead atoms. The highest BCUT2D eigenvalue weighted by atomic mass is 16.3. The maximum atomic E-state index is 13.4. The van der Waals surface area contributed by atoms with E-state index in [1.54, 1.807) is 6.26 Å². The second-order valence-electron chi connectivity index (χ2n) is 7.44. The van der Waals surface area contributed by atoms with Gasteiger partial charge in [-0.1, -0.05) is 30.3 Å². The molecule has 5 rings (SSSR count). The topological polar surface area (TPSA) is 63.3 Å². The Morgan fingerprint density at radius 3 is 2.53 bits per heavy atom. The summed E-state index contributed by atoms with van der Waals surface area (Å²) >= 11 is 0. The number of furan rings is 1. The van der Waals surface area contributed by atoms with Crippen molar-refractivity contribution in [3.63, 3.8) is 0 Å². The molecule has 2 aromatic heterocycles. The number of nitrogens with one attached hydrogen (secondary N) is 1. The van der Waals surface area contributed by atoms with E-state index in [0.717, 1.165) is 34.1 Å². The van der Waals surface area contributed by atoms with E-state index in [9.17, 15) is 4.79 Å². The van der Waals surface area contributed by atoms with Gasteiger partial charge < -0.3 is 14.6 Å². The maximum absolute atomic E-state index is 13.4. The lowest BCUT2D eigenvalue weighted by Crippen LogP contribution is -2.42. The third-order valence-electron chi connectivity index (χ3n) is 5.55. The summed E-state index contributed by atoms with van der Waals surface area (Å²) in [6.07, 6.45) is 1.28. The molecular formula is C24H22N4O2. The molecule has 1 aliphatic heterocycles. The third-order valence-corrected chi connectivity index (χ3v) is 5.55. The Morgan fingerprint density at radius 2 is 1.77 bits per heavy atom. The average molecular weight is 398 g/mol. The smallest absolute Gasteiger partial charge is 0.258 e. The molecule has 0 fully saturated rings. The van der Waals surface area contributed by atoms with Crippen molar-refractivity contribution in [2.45, 2.75) is 26.6 Å². The van der Waals surface area contributed by atoms with E-state index in [1.165, 1.54) is 0 Å². The zero-order chi connectivity index (χ0) is 20.7.